The molecular weight excluding hydrogens is 365 g/mol. The first-order chi connectivity index (χ1) is 11.0. The lowest BCUT2D eigenvalue weighted by Crippen LogP contribution is -2.20. The molecule has 4 nitrogen and oxygen atoms in total. The molecule has 2 aromatic carbocycles. The average Bonchev–Trinajstić information content (AvgIpc) is 2.54. The molecule has 6 heteroatoms. The molecule has 0 fully saturated rings. The topological polar surface area (TPSA) is 55.4 Å². The van der Waals surface area contributed by atoms with Crippen LogP contribution in [0.5, 0.6) is 0 Å². The van der Waals surface area contributed by atoms with Crippen molar-refractivity contribution in [2.45, 2.75) is 0 Å². The number of ether oxygens (including phenoxy) is 1. The van der Waals surface area contributed by atoms with Crippen molar-refractivity contribution in [1.29, 1.82) is 0 Å². The number of carbonyl (C=O) groups is 2. The standard InChI is InChI=1S/C17H13BrFNO3/c18-13-4-8-15(9-5-13)20-16(21)11-23-17(22)10-3-12-1-6-14(19)7-2-12/h1-10H,11H2,(H,20,21)/b10-3+. The molecule has 0 aliphatic carbocycles. The summed E-state index contributed by atoms with van der Waals surface area (Å²) < 4.78 is 18.5. The van der Waals surface area contributed by atoms with E-state index in [9.17, 15) is 14.0 Å². The highest BCUT2D eigenvalue weighted by atomic mass is 79.9. The van der Waals surface area contributed by atoms with E-state index in [1.54, 1.807) is 24.3 Å². The maximum absolute atomic E-state index is 12.7. The van der Waals surface area contributed by atoms with Gasteiger partial charge in [-0.3, -0.25) is 4.79 Å². The largest absolute Gasteiger partial charge is 0.452 e. The summed E-state index contributed by atoms with van der Waals surface area (Å²) in [6.45, 7) is -0.386. The molecule has 0 heterocycles. The van der Waals surface area contributed by atoms with Gasteiger partial charge >= 0.3 is 5.97 Å². The number of rotatable bonds is 5. The first kappa shape index (κ1) is 16.9. The number of anilines is 1. The Balaban J connectivity index is 1.78. The Morgan fingerprint density at radius 1 is 1.09 bits per heavy atom. The summed E-state index contributed by atoms with van der Waals surface area (Å²) in [5, 5.41) is 2.60. The molecule has 0 aliphatic heterocycles. The van der Waals surface area contributed by atoms with Crippen molar-refractivity contribution in [2.24, 2.45) is 0 Å². The zero-order chi connectivity index (χ0) is 16.7. The SMILES string of the molecule is O=C(COC(=O)/C=C/c1ccc(F)cc1)Nc1ccc(Br)cc1. The predicted octanol–water partition coefficient (Wildman–Crippen LogP) is 3.78. The molecule has 0 unspecified atom stereocenters. The maximum Gasteiger partial charge on any atom is 0.331 e. The summed E-state index contributed by atoms with van der Waals surface area (Å²) in [4.78, 5) is 23.2. The van der Waals surface area contributed by atoms with Gasteiger partial charge in [0.25, 0.3) is 5.91 Å². The summed E-state index contributed by atoms with van der Waals surface area (Å²) in [5.41, 5.74) is 1.26. The van der Waals surface area contributed by atoms with Crippen molar-refractivity contribution < 1.29 is 18.7 Å². The molecule has 2 rings (SSSR count). The lowest BCUT2D eigenvalue weighted by Gasteiger charge is -2.05. The van der Waals surface area contributed by atoms with Crippen molar-refractivity contribution in [3.63, 3.8) is 0 Å². The molecular formula is C17H13BrFNO3. The molecule has 2 aromatic rings. The molecule has 23 heavy (non-hydrogen) atoms. The fraction of sp³-hybridized carbons (Fsp3) is 0.0588. The van der Waals surface area contributed by atoms with Crippen LogP contribution in [0.1, 0.15) is 5.56 Å². The Morgan fingerprint density at radius 3 is 2.39 bits per heavy atom. The van der Waals surface area contributed by atoms with E-state index in [1.807, 2.05) is 0 Å². The quantitative estimate of drug-likeness (QED) is 0.637. The Labute approximate surface area is 141 Å². The van der Waals surface area contributed by atoms with Crippen LogP contribution in [0.15, 0.2) is 59.1 Å². The molecule has 0 aromatic heterocycles. The van der Waals surface area contributed by atoms with Crippen LogP contribution >= 0.6 is 15.9 Å². The normalized spacial score (nSPS) is 10.5. The van der Waals surface area contributed by atoms with Gasteiger partial charge in [-0.05, 0) is 48.0 Å². The van der Waals surface area contributed by atoms with E-state index in [-0.39, 0.29) is 12.4 Å². The minimum atomic E-state index is -0.653. The van der Waals surface area contributed by atoms with Crippen LogP contribution < -0.4 is 5.32 Å². The van der Waals surface area contributed by atoms with Gasteiger partial charge in [0, 0.05) is 16.2 Å². The molecule has 0 aliphatic rings. The third-order valence-electron chi connectivity index (χ3n) is 2.76. The van der Waals surface area contributed by atoms with Crippen molar-refractivity contribution in [3.05, 3.63) is 70.5 Å². The van der Waals surface area contributed by atoms with Gasteiger partial charge < -0.3 is 10.1 Å². The number of benzene rings is 2. The molecule has 0 saturated carbocycles. The fourth-order valence-corrected chi connectivity index (χ4v) is 1.92. The predicted molar refractivity (Wildman–Crippen MR) is 89.2 cm³/mol. The van der Waals surface area contributed by atoms with Crippen LogP contribution in [0.2, 0.25) is 0 Å². The van der Waals surface area contributed by atoms with E-state index in [4.69, 9.17) is 4.74 Å². The third kappa shape index (κ3) is 6.04. The smallest absolute Gasteiger partial charge is 0.331 e. The Morgan fingerprint density at radius 2 is 1.74 bits per heavy atom. The van der Waals surface area contributed by atoms with Crippen LogP contribution in [0, 0.1) is 5.82 Å². The lowest BCUT2D eigenvalue weighted by molar-refractivity contribution is -0.142. The zero-order valence-corrected chi connectivity index (χ0v) is 13.5. The second-order valence-electron chi connectivity index (χ2n) is 4.55. The van der Waals surface area contributed by atoms with Crippen LogP contribution in [0.25, 0.3) is 6.08 Å². The molecule has 118 valence electrons. The zero-order valence-electron chi connectivity index (χ0n) is 12.0. The van der Waals surface area contributed by atoms with Crippen molar-refractivity contribution in [3.8, 4) is 0 Å². The maximum atomic E-state index is 12.7. The minimum Gasteiger partial charge on any atom is -0.452 e. The van der Waals surface area contributed by atoms with E-state index in [0.29, 0.717) is 11.3 Å². The highest BCUT2D eigenvalue weighted by Crippen LogP contribution is 2.13. The van der Waals surface area contributed by atoms with Crippen molar-refractivity contribution in [2.75, 3.05) is 11.9 Å². The van der Waals surface area contributed by atoms with Crippen LogP contribution in [0.4, 0.5) is 10.1 Å². The van der Waals surface area contributed by atoms with Crippen molar-refractivity contribution in [1.82, 2.24) is 0 Å². The summed E-state index contributed by atoms with van der Waals surface area (Å²) in [6.07, 6.45) is 2.66. The number of halogens is 2. The highest BCUT2D eigenvalue weighted by molar-refractivity contribution is 9.10. The number of nitrogens with one attached hydrogen (secondary N) is 1. The van der Waals surface area contributed by atoms with Crippen LogP contribution in [-0.4, -0.2) is 18.5 Å². The first-order valence-electron chi connectivity index (χ1n) is 6.69. The monoisotopic (exact) mass is 377 g/mol. The number of hydrogen-bond donors (Lipinski definition) is 1. The number of amides is 1. The van der Waals surface area contributed by atoms with Gasteiger partial charge in [0.05, 0.1) is 0 Å². The molecule has 0 radical (unpaired) electrons. The van der Waals surface area contributed by atoms with Gasteiger partial charge in [-0.1, -0.05) is 28.1 Å². The second kappa shape index (κ2) is 8.24. The molecule has 0 spiro atoms. The Kier molecular flexibility index (Phi) is 6.05. The van der Waals surface area contributed by atoms with Crippen LogP contribution in [-0.2, 0) is 14.3 Å². The van der Waals surface area contributed by atoms with Gasteiger partial charge in [0.15, 0.2) is 6.61 Å². The summed E-state index contributed by atoms with van der Waals surface area (Å²) in [7, 11) is 0. The molecule has 0 saturated heterocycles. The molecule has 0 atom stereocenters. The van der Waals surface area contributed by atoms with Gasteiger partial charge in [0.2, 0.25) is 0 Å². The Hall–Kier alpha value is -2.47. The number of esters is 1. The van der Waals surface area contributed by atoms with Gasteiger partial charge in [-0.2, -0.15) is 0 Å². The van der Waals surface area contributed by atoms with E-state index >= 15 is 0 Å². The third-order valence-corrected chi connectivity index (χ3v) is 3.28. The van der Waals surface area contributed by atoms with E-state index in [1.165, 1.54) is 36.4 Å². The van der Waals surface area contributed by atoms with Gasteiger partial charge in [-0.15, -0.1) is 0 Å². The first-order valence-corrected chi connectivity index (χ1v) is 7.48. The van der Waals surface area contributed by atoms with Gasteiger partial charge in [-0.25, -0.2) is 9.18 Å². The van der Waals surface area contributed by atoms with E-state index in [2.05, 4.69) is 21.2 Å². The number of hydrogen-bond acceptors (Lipinski definition) is 3. The summed E-state index contributed by atoms with van der Waals surface area (Å²) >= 11 is 3.29. The number of carbonyl (C=O) groups excluding carboxylic acids is 2. The van der Waals surface area contributed by atoms with E-state index < -0.39 is 11.9 Å². The molecule has 1 N–H and O–H groups in total. The molecule has 1 amide bonds. The Bertz CT molecular complexity index is 712. The lowest BCUT2D eigenvalue weighted by atomic mass is 10.2. The summed E-state index contributed by atoms with van der Waals surface area (Å²) in [6, 6.07) is 12.6. The fourth-order valence-electron chi connectivity index (χ4n) is 1.65. The minimum absolute atomic E-state index is 0.352. The average molecular weight is 378 g/mol. The second-order valence-corrected chi connectivity index (χ2v) is 5.46. The van der Waals surface area contributed by atoms with E-state index in [0.717, 1.165) is 4.47 Å². The molecule has 0 bridgehead atoms. The van der Waals surface area contributed by atoms with Crippen molar-refractivity contribution >= 4 is 39.6 Å². The van der Waals surface area contributed by atoms with Crippen LogP contribution in [0.3, 0.4) is 0 Å². The van der Waals surface area contributed by atoms with Gasteiger partial charge in [0.1, 0.15) is 5.82 Å². The highest BCUT2D eigenvalue weighted by Gasteiger charge is 2.05. The summed E-state index contributed by atoms with van der Waals surface area (Å²) in [5.74, 6) is -1.44.